The Morgan fingerprint density at radius 3 is 2.68 bits per heavy atom. The lowest BCUT2D eigenvalue weighted by Gasteiger charge is -2.11. The Labute approximate surface area is 129 Å². The van der Waals surface area contributed by atoms with Gasteiger partial charge in [0.25, 0.3) is 5.91 Å². The van der Waals surface area contributed by atoms with Crippen LogP contribution in [0.2, 0.25) is 0 Å². The van der Waals surface area contributed by atoms with E-state index in [1.165, 1.54) is 22.7 Å². The number of imidazole rings is 1. The van der Waals surface area contributed by atoms with Gasteiger partial charge >= 0.3 is 0 Å². The van der Waals surface area contributed by atoms with Gasteiger partial charge in [-0.2, -0.15) is 0 Å². The number of aliphatic hydroxyl groups excluding tert-OH is 2. The Bertz CT molecular complexity index is 625. The van der Waals surface area contributed by atoms with E-state index >= 15 is 0 Å². The first kappa shape index (κ1) is 16.2. The Balaban J connectivity index is 1.84. The maximum absolute atomic E-state index is 11.0. The van der Waals surface area contributed by atoms with E-state index in [2.05, 4.69) is 11.1 Å². The van der Waals surface area contributed by atoms with E-state index in [4.69, 9.17) is 10.8 Å². The monoisotopic (exact) mass is 303 g/mol. The number of aliphatic hydroxyl groups is 2. The maximum atomic E-state index is 11.0. The van der Waals surface area contributed by atoms with Gasteiger partial charge in [0.15, 0.2) is 0 Å². The van der Waals surface area contributed by atoms with Gasteiger partial charge in [0.1, 0.15) is 11.9 Å². The van der Waals surface area contributed by atoms with Gasteiger partial charge in [-0.05, 0) is 36.8 Å². The number of aryl methyl sites for hydroxylation is 1. The van der Waals surface area contributed by atoms with Crippen molar-refractivity contribution >= 4 is 5.91 Å². The summed E-state index contributed by atoms with van der Waals surface area (Å²) in [6.45, 7) is 0.144. The Hall–Kier alpha value is -2.18. The molecule has 0 fully saturated rings. The van der Waals surface area contributed by atoms with Gasteiger partial charge in [0.05, 0.1) is 6.33 Å². The minimum absolute atomic E-state index is 0.144. The van der Waals surface area contributed by atoms with Crippen molar-refractivity contribution in [2.24, 2.45) is 5.73 Å². The number of aromatic nitrogens is 2. The first-order chi connectivity index (χ1) is 10.6. The van der Waals surface area contributed by atoms with Crippen LogP contribution >= 0.6 is 0 Å². The smallest absolute Gasteiger partial charge is 0.268 e. The van der Waals surface area contributed by atoms with Crippen molar-refractivity contribution in [3.8, 4) is 0 Å². The van der Waals surface area contributed by atoms with Gasteiger partial charge in [0, 0.05) is 12.8 Å². The number of amides is 1. The van der Waals surface area contributed by atoms with Crippen LogP contribution in [-0.2, 0) is 12.8 Å². The van der Waals surface area contributed by atoms with E-state index in [1.54, 1.807) is 0 Å². The van der Waals surface area contributed by atoms with Crippen LogP contribution in [0.15, 0.2) is 36.8 Å². The molecular weight excluding hydrogens is 282 g/mol. The Morgan fingerprint density at radius 1 is 1.32 bits per heavy atom. The summed E-state index contributed by atoms with van der Waals surface area (Å²) in [6, 6.07) is 8.08. The lowest BCUT2D eigenvalue weighted by molar-refractivity contribution is 0.0918. The minimum Gasteiger partial charge on any atom is -0.396 e. The molecule has 0 aliphatic heterocycles. The second kappa shape index (κ2) is 7.72. The van der Waals surface area contributed by atoms with Crippen LogP contribution < -0.4 is 5.73 Å². The van der Waals surface area contributed by atoms with Crippen molar-refractivity contribution < 1.29 is 15.0 Å². The molecule has 0 spiro atoms. The van der Waals surface area contributed by atoms with Crippen LogP contribution in [-0.4, -0.2) is 32.3 Å². The van der Waals surface area contributed by atoms with E-state index in [0.29, 0.717) is 12.8 Å². The molecule has 118 valence electrons. The van der Waals surface area contributed by atoms with Crippen molar-refractivity contribution in [1.82, 2.24) is 9.55 Å². The standard InChI is InChI=1S/C16H21N3O3/c17-16(22)14-10-19(11-18-14)15(21)6-2-5-12-3-1-4-13(9-12)7-8-20/h1,3-4,9-11,15,20-21H,2,5-8H2,(H2,17,22). The number of primary amides is 1. The SMILES string of the molecule is NC(=O)c1cn(C(O)CCCc2cccc(CCO)c2)cn1. The van der Waals surface area contributed by atoms with Crippen molar-refractivity contribution in [1.29, 1.82) is 0 Å². The van der Waals surface area contributed by atoms with Gasteiger partial charge in [-0.3, -0.25) is 4.79 Å². The number of hydrogen-bond acceptors (Lipinski definition) is 4. The molecule has 2 aromatic rings. The number of carbonyl (C=O) groups excluding carboxylic acids is 1. The summed E-state index contributed by atoms with van der Waals surface area (Å²) >= 11 is 0. The van der Waals surface area contributed by atoms with Gasteiger partial charge in [-0.25, -0.2) is 4.98 Å². The first-order valence-electron chi connectivity index (χ1n) is 7.30. The quantitative estimate of drug-likeness (QED) is 0.678. The zero-order valence-corrected chi connectivity index (χ0v) is 12.4. The molecule has 1 heterocycles. The molecule has 4 N–H and O–H groups in total. The third-order valence-electron chi connectivity index (χ3n) is 3.52. The fourth-order valence-electron chi connectivity index (χ4n) is 2.33. The molecule has 1 amide bonds. The number of nitrogens with two attached hydrogens (primary N) is 1. The molecule has 0 aliphatic carbocycles. The summed E-state index contributed by atoms with van der Waals surface area (Å²) < 4.78 is 1.49. The zero-order valence-electron chi connectivity index (χ0n) is 12.4. The van der Waals surface area contributed by atoms with Gasteiger partial charge in [-0.15, -0.1) is 0 Å². The number of hydrogen-bond donors (Lipinski definition) is 3. The summed E-state index contributed by atoms with van der Waals surface area (Å²) in [6.07, 6.45) is 4.99. The zero-order chi connectivity index (χ0) is 15.9. The first-order valence-corrected chi connectivity index (χ1v) is 7.30. The second-order valence-corrected chi connectivity index (χ2v) is 5.24. The largest absolute Gasteiger partial charge is 0.396 e. The minimum atomic E-state index is -0.721. The molecular formula is C16H21N3O3. The van der Waals surface area contributed by atoms with Crippen LogP contribution in [0.1, 0.15) is 40.7 Å². The van der Waals surface area contributed by atoms with Crippen LogP contribution in [0.3, 0.4) is 0 Å². The molecule has 1 aromatic carbocycles. The highest BCUT2D eigenvalue weighted by Crippen LogP contribution is 2.15. The molecule has 0 aliphatic rings. The van der Waals surface area contributed by atoms with E-state index in [1.807, 2.05) is 18.2 Å². The highest BCUT2D eigenvalue weighted by Gasteiger charge is 2.10. The fraction of sp³-hybridized carbons (Fsp3) is 0.375. The fourth-order valence-corrected chi connectivity index (χ4v) is 2.33. The van der Waals surface area contributed by atoms with Crippen LogP contribution in [0.25, 0.3) is 0 Å². The number of benzene rings is 1. The molecule has 0 saturated heterocycles. The van der Waals surface area contributed by atoms with Crippen molar-refractivity contribution in [3.05, 3.63) is 53.6 Å². The van der Waals surface area contributed by atoms with E-state index in [-0.39, 0.29) is 12.3 Å². The number of carbonyl (C=O) groups is 1. The third kappa shape index (κ3) is 4.41. The molecule has 0 radical (unpaired) electrons. The highest BCUT2D eigenvalue weighted by atomic mass is 16.3. The number of rotatable bonds is 8. The molecule has 1 aromatic heterocycles. The summed E-state index contributed by atoms with van der Waals surface area (Å²) in [5, 5.41) is 19.0. The summed E-state index contributed by atoms with van der Waals surface area (Å²) in [5.74, 6) is -0.605. The lowest BCUT2D eigenvalue weighted by Crippen LogP contribution is -2.11. The Kier molecular flexibility index (Phi) is 5.68. The normalized spacial score (nSPS) is 12.3. The molecule has 6 heteroatoms. The van der Waals surface area contributed by atoms with Crippen molar-refractivity contribution in [2.45, 2.75) is 31.9 Å². The summed E-state index contributed by atoms with van der Waals surface area (Å²) in [5.41, 5.74) is 7.57. The second-order valence-electron chi connectivity index (χ2n) is 5.24. The average Bonchev–Trinajstić information content (AvgIpc) is 2.98. The molecule has 2 rings (SSSR count). The van der Waals surface area contributed by atoms with Gasteiger partial charge in [0.2, 0.25) is 0 Å². The topological polar surface area (TPSA) is 101 Å². The molecule has 1 unspecified atom stereocenters. The summed E-state index contributed by atoms with van der Waals surface area (Å²) in [4.78, 5) is 14.8. The summed E-state index contributed by atoms with van der Waals surface area (Å²) in [7, 11) is 0. The van der Waals surface area contributed by atoms with Crippen LogP contribution in [0.5, 0.6) is 0 Å². The number of nitrogens with zero attached hydrogens (tertiary/aromatic N) is 2. The van der Waals surface area contributed by atoms with Gasteiger partial charge in [-0.1, -0.05) is 24.3 Å². The predicted octanol–water partition coefficient (Wildman–Crippen LogP) is 1.03. The molecule has 22 heavy (non-hydrogen) atoms. The van der Waals surface area contributed by atoms with Crippen LogP contribution in [0, 0.1) is 0 Å². The van der Waals surface area contributed by atoms with Crippen LogP contribution in [0.4, 0.5) is 0 Å². The Morgan fingerprint density at radius 2 is 2.05 bits per heavy atom. The third-order valence-corrected chi connectivity index (χ3v) is 3.52. The highest BCUT2D eigenvalue weighted by molar-refractivity contribution is 5.90. The van der Waals surface area contributed by atoms with Crippen molar-refractivity contribution in [2.75, 3.05) is 6.61 Å². The maximum Gasteiger partial charge on any atom is 0.268 e. The van der Waals surface area contributed by atoms with Gasteiger partial charge < -0.3 is 20.5 Å². The van der Waals surface area contributed by atoms with Crippen molar-refractivity contribution in [3.63, 3.8) is 0 Å². The van der Waals surface area contributed by atoms with E-state index < -0.39 is 12.1 Å². The predicted molar refractivity (Wildman–Crippen MR) is 82.2 cm³/mol. The van der Waals surface area contributed by atoms with E-state index in [9.17, 15) is 9.90 Å². The molecule has 0 bridgehead atoms. The average molecular weight is 303 g/mol. The lowest BCUT2D eigenvalue weighted by atomic mass is 10.0. The molecule has 0 saturated carbocycles. The van der Waals surface area contributed by atoms with E-state index in [0.717, 1.165) is 18.4 Å². The molecule has 1 atom stereocenters. The molecule has 6 nitrogen and oxygen atoms in total.